The minimum Gasteiger partial charge on any atom is -0.282 e. The first kappa shape index (κ1) is 8.12. The van der Waals surface area contributed by atoms with Gasteiger partial charge in [-0.05, 0) is 12.2 Å². The Morgan fingerprint density at radius 1 is 1.50 bits per heavy atom. The summed E-state index contributed by atoms with van der Waals surface area (Å²) in [5.74, 6) is 2.65. The van der Waals surface area contributed by atoms with Gasteiger partial charge in [0.05, 0.1) is 6.54 Å². The Kier molecular flexibility index (Phi) is 3.88. The van der Waals surface area contributed by atoms with Crippen LogP contribution in [0.5, 0.6) is 0 Å². The highest BCUT2D eigenvalue weighted by atomic mass is 32.2. The Morgan fingerprint density at radius 3 is 3.00 bits per heavy atom. The zero-order chi connectivity index (χ0) is 7.23. The van der Waals surface area contributed by atoms with Crippen molar-refractivity contribution in [3.8, 4) is 0 Å². The molecule has 10 heavy (non-hydrogen) atoms. The van der Waals surface area contributed by atoms with Gasteiger partial charge in [-0.1, -0.05) is 19.8 Å². The minimum atomic E-state index is 0.196. The lowest BCUT2D eigenvalue weighted by atomic mass is 10.3. The van der Waals surface area contributed by atoms with E-state index >= 15 is 0 Å². The summed E-state index contributed by atoms with van der Waals surface area (Å²) in [6.07, 6.45) is 4.14. The molecule has 2 heteroatoms. The predicted molar refractivity (Wildman–Crippen MR) is 51.0 cm³/mol. The molecular weight excluding hydrogens is 142 g/mol. The number of hydrogen-bond donors (Lipinski definition) is 1. The molecule has 0 aromatic rings. The summed E-state index contributed by atoms with van der Waals surface area (Å²) >= 11 is 0. The van der Waals surface area contributed by atoms with Crippen LogP contribution in [0.4, 0.5) is 0 Å². The van der Waals surface area contributed by atoms with Gasteiger partial charge < -0.3 is 0 Å². The molecule has 1 aliphatic heterocycles. The van der Waals surface area contributed by atoms with Crippen LogP contribution < -0.4 is 0 Å². The molecule has 1 heterocycles. The van der Waals surface area contributed by atoms with Crippen LogP contribution in [0.15, 0.2) is 4.99 Å². The summed E-state index contributed by atoms with van der Waals surface area (Å²) in [6, 6.07) is 0. The molecule has 0 bridgehead atoms. The van der Waals surface area contributed by atoms with E-state index in [1.54, 1.807) is 0 Å². The van der Waals surface area contributed by atoms with E-state index in [0.717, 1.165) is 0 Å². The highest BCUT2D eigenvalue weighted by molar-refractivity contribution is 8.28. The quantitative estimate of drug-likeness (QED) is 0.476. The Labute approximate surface area is 66.3 Å². The molecule has 1 atom stereocenters. The smallest absolute Gasteiger partial charge is 0.0812 e. The van der Waals surface area contributed by atoms with E-state index in [2.05, 4.69) is 24.0 Å². The van der Waals surface area contributed by atoms with Gasteiger partial charge in [-0.2, -0.15) is 0 Å². The second-order valence-corrected chi connectivity index (χ2v) is 4.87. The number of nitrogens with zero attached hydrogens (tertiary/aromatic N) is 1. The van der Waals surface area contributed by atoms with Gasteiger partial charge in [-0.15, -0.1) is 0 Å². The third-order valence-corrected chi connectivity index (χ3v) is 3.68. The molecule has 0 saturated heterocycles. The first-order valence-electron chi connectivity index (χ1n) is 4.02. The predicted octanol–water partition coefficient (Wildman–Crippen LogP) is 2.38. The molecule has 0 aromatic carbocycles. The summed E-state index contributed by atoms with van der Waals surface area (Å²) in [5.41, 5.74) is 2.16. The second-order valence-electron chi connectivity index (χ2n) is 2.65. The zero-order valence-electron chi connectivity index (χ0n) is 6.58. The molecule has 0 aromatic heterocycles. The van der Waals surface area contributed by atoms with E-state index in [1.807, 2.05) is 0 Å². The fourth-order valence-corrected chi connectivity index (χ4v) is 2.66. The van der Waals surface area contributed by atoms with E-state index in [9.17, 15) is 0 Å². The summed E-state index contributed by atoms with van der Waals surface area (Å²) in [4.78, 5) is 4.12. The molecule has 0 spiro atoms. The van der Waals surface area contributed by atoms with E-state index in [1.165, 1.54) is 30.8 Å². The molecule has 59 valence electrons. The summed E-state index contributed by atoms with van der Waals surface area (Å²) in [6.45, 7) is 4.31. The molecule has 0 N–H and O–H groups in total. The second kappa shape index (κ2) is 4.78. The van der Waals surface area contributed by atoms with E-state index < -0.39 is 0 Å². The Balaban J connectivity index is 1.97. The molecule has 1 nitrogen and oxygen atoms in total. The third-order valence-electron chi connectivity index (χ3n) is 1.70. The van der Waals surface area contributed by atoms with Crippen molar-refractivity contribution in [2.24, 2.45) is 4.99 Å². The standard InChI is InChI=1S/C8H16NS/c1-2-3-4-6-10-7-5-9-8-10/h5,8,10H,2-4,6-7H2,1H3. The van der Waals surface area contributed by atoms with Crippen LogP contribution >= 0.6 is 10.9 Å². The first-order valence-corrected chi connectivity index (χ1v) is 5.80. The van der Waals surface area contributed by atoms with Crippen LogP contribution in [0.3, 0.4) is 0 Å². The summed E-state index contributed by atoms with van der Waals surface area (Å²) < 4.78 is 0. The van der Waals surface area contributed by atoms with Crippen molar-refractivity contribution < 1.29 is 0 Å². The topological polar surface area (TPSA) is 12.4 Å². The molecule has 1 aliphatic rings. The Hall–Kier alpha value is 0.0200. The number of rotatable bonds is 4. The van der Waals surface area contributed by atoms with Crippen molar-refractivity contribution in [1.29, 1.82) is 0 Å². The van der Waals surface area contributed by atoms with Crippen LogP contribution in [-0.4, -0.2) is 17.1 Å². The van der Waals surface area contributed by atoms with Crippen molar-refractivity contribution in [1.82, 2.24) is 0 Å². The molecule has 0 fully saturated rings. The normalized spacial score (nSPS) is 27.5. The Morgan fingerprint density at radius 2 is 2.40 bits per heavy atom. The highest BCUT2D eigenvalue weighted by Gasteiger charge is 2.04. The first-order chi connectivity index (χ1) is 4.93. The Bertz CT molecular complexity index is 112. The van der Waals surface area contributed by atoms with Crippen molar-refractivity contribution >= 4 is 16.4 Å². The fraction of sp³-hybridized carbons (Fsp3) is 0.750. The summed E-state index contributed by atoms with van der Waals surface area (Å²) in [7, 11) is 0.196. The lowest BCUT2D eigenvalue weighted by molar-refractivity contribution is 0.778. The largest absolute Gasteiger partial charge is 0.282 e. The maximum absolute atomic E-state index is 4.12. The number of hydrogen-bond acceptors (Lipinski definition) is 1. The van der Waals surface area contributed by atoms with E-state index in [0.29, 0.717) is 0 Å². The number of aliphatic imine (C=N–C) groups is 1. The average molecular weight is 158 g/mol. The van der Waals surface area contributed by atoms with Crippen molar-refractivity contribution in [3.05, 3.63) is 6.54 Å². The molecule has 1 radical (unpaired) electrons. The van der Waals surface area contributed by atoms with Crippen LogP contribution in [-0.2, 0) is 0 Å². The lowest BCUT2D eigenvalue weighted by Crippen LogP contribution is -1.89. The zero-order valence-corrected chi connectivity index (χ0v) is 7.48. The van der Waals surface area contributed by atoms with Gasteiger partial charge in [-0.3, -0.25) is 4.99 Å². The van der Waals surface area contributed by atoms with Crippen molar-refractivity contribution in [3.63, 3.8) is 0 Å². The van der Waals surface area contributed by atoms with Gasteiger partial charge in [0.25, 0.3) is 0 Å². The molecule has 1 unspecified atom stereocenters. The van der Waals surface area contributed by atoms with Crippen LogP contribution in [0, 0.1) is 6.54 Å². The van der Waals surface area contributed by atoms with E-state index in [-0.39, 0.29) is 10.9 Å². The lowest BCUT2D eigenvalue weighted by Gasteiger charge is -2.08. The van der Waals surface area contributed by atoms with Crippen LogP contribution in [0.1, 0.15) is 26.2 Å². The average Bonchev–Trinajstić information content (AvgIpc) is 2.41. The third kappa shape index (κ3) is 2.74. The molecule has 0 amide bonds. The maximum atomic E-state index is 4.12. The van der Waals surface area contributed by atoms with Gasteiger partial charge >= 0.3 is 0 Å². The SMILES string of the molecule is CCCCC[SH]1C=N[CH]C1. The van der Waals surface area contributed by atoms with Crippen LogP contribution in [0.2, 0.25) is 0 Å². The van der Waals surface area contributed by atoms with Crippen LogP contribution in [0.25, 0.3) is 0 Å². The minimum absolute atomic E-state index is 0.196. The van der Waals surface area contributed by atoms with E-state index in [4.69, 9.17) is 0 Å². The molecular formula is C8H16NS. The van der Waals surface area contributed by atoms with Gasteiger partial charge in [0.15, 0.2) is 0 Å². The van der Waals surface area contributed by atoms with Crippen molar-refractivity contribution in [2.45, 2.75) is 26.2 Å². The number of unbranched alkanes of at least 4 members (excludes halogenated alkanes) is 2. The molecule has 1 rings (SSSR count). The highest BCUT2D eigenvalue weighted by Crippen LogP contribution is 2.28. The molecule has 0 saturated carbocycles. The number of thiol groups is 1. The monoisotopic (exact) mass is 158 g/mol. The maximum Gasteiger partial charge on any atom is 0.0812 e. The fourth-order valence-electron chi connectivity index (χ4n) is 1.05. The van der Waals surface area contributed by atoms with Gasteiger partial charge in [0, 0.05) is 11.3 Å². The van der Waals surface area contributed by atoms with Gasteiger partial charge in [-0.25, -0.2) is 10.9 Å². The van der Waals surface area contributed by atoms with Gasteiger partial charge in [0.2, 0.25) is 0 Å². The van der Waals surface area contributed by atoms with Gasteiger partial charge in [0.1, 0.15) is 0 Å². The molecule has 0 aliphatic carbocycles. The summed E-state index contributed by atoms with van der Waals surface area (Å²) in [5, 5.41) is 0. The van der Waals surface area contributed by atoms with Crippen molar-refractivity contribution in [2.75, 3.05) is 11.5 Å².